The topological polar surface area (TPSA) is 127 Å². The minimum absolute atomic E-state index is 0.0854. The molecule has 0 saturated carbocycles. The van der Waals surface area contributed by atoms with E-state index in [2.05, 4.69) is 4.72 Å². The Kier molecular flexibility index (Phi) is 5.87. The van der Waals surface area contributed by atoms with Crippen LogP contribution >= 0.6 is 0 Å². The van der Waals surface area contributed by atoms with Gasteiger partial charge in [0.2, 0.25) is 26.0 Å². The zero-order chi connectivity index (χ0) is 18.8. The van der Waals surface area contributed by atoms with Crippen LogP contribution in [-0.4, -0.2) is 46.3 Å². The molecule has 2 rings (SSSR count). The minimum Gasteiger partial charge on any atom is -0.339 e. The van der Waals surface area contributed by atoms with Crippen molar-refractivity contribution >= 4 is 26.0 Å². The number of nitrogens with one attached hydrogen (secondary N) is 1. The summed E-state index contributed by atoms with van der Waals surface area (Å²) in [5.41, 5.74) is 0. The molecule has 1 heterocycles. The van der Waals surface area contributed by atoms with E-state index >= 15 is 0 Å². The molecular weight excluding hydrogens is 366 g/mol. The molecule has 140 valence electrons. The average Bonchev–Trinajstić information content (AvgIpc) is 2.53. The fourth-order valence-corrected chi connectivity index (χ4v) is 4.55. The Bertz CT molecular complexity index is 834. The molecule has 1 aromatic carbocycles. The van der Waals surface area contributed by atoms with E-state index in [4.69, 9.17) is 5.14 Å². The van der Waals surface area contributed by atoms with Gasteiger partial charge in [-0.05, 0) is 57.4 Å². The second-order valence-electron chi connectivity index (χ2n) is 6.24. The smallest absolute Gasteiger partial charge is 0.241 e. The monoisotopic (exact) mass is 389 g/mol. The lowest BCUT2D eigenvalue weighted by atomic mass is 10.0. The molecule has 10 heteroatoms. The first-order valence-corrected chi connectivity index (χ1v) is 11.0. The van der Waals surface area contributed by atoms with Crippen molar-refractivity contribution in [3.8, 4) is 0 Å². The number of carbonyl (C=O) groups excluding carboxylic acids is 1. The van der Waals surface area contributed by atoms with Gasteiger partial charge in [0.15, 0.2) is 0 Å². The molecular formula is C15H23N3O5S2. The van der Waals surface area contributed by atoms with Crippen LogP contribution in [0, 0.1) is 0 Å². The highest BCUT2D eigenvalue weighted by atomic mass is 32.2. The number of rotatable bonds is 5. The Morgan fingerprint density at radius 3 is 2.24 bits per heavy atom. The zero-order valence-corrected chi connectivity index (χ0v) is 15.8. The van der Waals surface area contributed by atoms with Gasteiger partial charge >= 0.3 is 0 Å². The number of piperidine rings is 1. The SMILES string of the molecule is CC(NS(=O)(=O)c1ccc(S(N)(=O)=O)cc1)C(=O)N1CCCCC1C. The molecule has 1 saturated heterocycles. The number of hydrogen-bond acceptors (Lipinski definition) is 5. The maximum Gasteiger partial charge on any atom is 0.241 e. The van der Waals surface area contributed by atoms with Crippen LogP contribution in [0.25, 0.3) is 0 Å². The van der Waals surface area contributed by atoms with E-state index in [1.165, 1.54) is 6.92 Å². The number of nitrogens with zero attached hydrogens (tertiary/aromatic N) is 1. The molecule has 0 bridgehead atoms. The standard InChI is InChI=1S/C15H23N3O5S2/c1-11-5-3-4-10-18(11)15(19)12(2)17-25(22,23)14-8-6-13(7-9-14)24(16,20)21/h6-9,11-12,17H,3-5,10H2,1-2H3,(H2,16,20,21). The molecule has 25 heavy (non-hydrogen) atoms. The fourth-order valence-electron chi connectivity index (χ4n) is 2.83. The Hall–Kier alpha value is -1.49. The van der Waals surface area contributed by atoms with Gasteiger partial charge in [0.05, 0.1) is 15.8 Å². The van der Waals surface area contributed by atoms with Gasteiger partial charge in [-0.15, -0.1) is 0 Å². The highest BCUT2D eigenvalue weighted by Gasteiger charge is 2.29. The number of carbonyl (C=O) groups is 1. The number of nitrogens with two attached hydrogens (primary N) is 1. The lowest BCUT2D eigenvalue weighted by molar-refractivity contribution is -0.135. The summed E-state index contributed by atoms with van der Waals surface area (Å²) in [6, 6.07) is 3.68. The Balaban J connectivity index is 2.13. The van der Waals surface area contributed by atoms with E-state index in [1.54, 1.807) is 4.90 Å². The molecule has 0 aliphatic carbocycles. The van der Waals surface area contributed by atoms with Crippen molar-refractivity contribution in [3.63, 3.8) is 0 Å². The molecule has 0 aromatic heterocycles. The third-order valence-corrected chi connectivity index (χ3v) is 6.74. The van der Waals surface area contributed by atoms with Gasteiger partial charge in [-0.2, -0.15) is 4.72 Å². The third-order valence-electron chi connectivity index (χ3n) is 4.25. The minimum atomic E-state index is -3.96. The maximum absolute atomic E-state index is 12.5. The van der Waals surface area contributed by atoms with Crippen molar-refractivity contribution in [3.05, 3.63) is 24.3 Å². The fraction of sp³-hybridized carbons (Fsp3) is 0.533. The molecule has 1 aliphatic rings. The van der Waals surface area contributed by atoms with Crippen molar-refractivity contribution in [1.82, 2.24) is 9.62 Å². The molecule has 1 amide bonds. The number of hydrogen-bond donors (Lipinski definition) is 2. The first-order valence-electron chi connectivity index (χ1n) is 7.98. The average molecular weight is 389 g/mol. The molecule has 1 aromatic rings. The van der Waals surface area contributed by atoms with Gasteiger partial charge in [0, 0.05) is 12.6 Å². The van der Waals surface area contributed by atoms with Crippen molar-refractivity contribution in [2.45, 2.75) is 55.0 Å². The van der Waals surface area contributed by atoms with Crippen molar-refractivity contribution in [2.24, 2.45) is 5.14 Å². The van der Waals surface area contributed by atoms with E-state index in [-0.39, 0.29) is 21.7 Å². The van der Waals surface area contributed by atoms with E-state index in [1.807, 2.05) is 6.92 Å². The van der Waals surface area contributed by atoms with E-state index in [9.17, 15) is 21.6 Å². The number of amides is 1. The zero-order valence-electron chi connectivity index (χ0n) is 14.2. The van der Waals surface area contributed by atoms with E-state index in [0.717, 1.165) is 43.5 Å². The molecule has 0 spiro atoms. The maximum atomic E-state index is 12.5. The predicted octanol–water partition coefficient (Wildman–Crippen LogP) is 0.402. The van der Waals surface area contributed by atoms with Gasteiger partial charge in [-0.25, -0.2) is 22.0 Å². The molecule has 8 nitrogen and oxygen atoms in total. The van der Waals surface area contributed by atoms with Gasteiger partial charge in [-0.3, -0.25) is 4.79 Å². The summed E-state index contributed by atoms with van der Waals surface area (Å²) >= 11 is 0. The van der Waals surface area contributed by atoms with Crippen LogP contribution in [0.2, 0.25) is 0 Å². The van der Waals surface area contributed by atoms with Crippen LogP contribution in [0.1, 0.15) is 33.1 Å². The summed E-state index contributed by atoms with van der Waals surface area (Å²) in [4.78, 5) is 13.9. The number of likely N-dealkylation sites (tertiary alicyclic amines) is 1. The molecule has 3 N–H and O–H groups in total. The quantitative estimate of drug-likeness (QED) is 0.754. The lowest BCUT2D eigenvalue weighted by Gasteiger charge is -2.35. The Morgan fingerprint density at radius 1 is 1.16 bits per heavy atom. The molecule has 1 fully saturated rings. The normalized spacial score (nSPS) is 20.3. The summed E-state index contributed by atoms with van der Waals surface area (Å²) in [7, 11) is -7.85. The predicted molar refractivity (Wildman–Crippen MR) is 92.6 cm³/mol. The second kappa shape index (κ2) is 7.40. The molecule has 0 radical (unpaired) electrons. The van der Waals surface area contributed by atoms with Crippen molar-refractivity contribution in [1.29, 1.82) is 0 Å². The highest BCUT2D eigenvalue weighted by molar-refractivity contribution is 7.89. The summed E-state index contributed by atoms with van der Waals surface area (Å²) in [6.07, 6.45) is 2.87. The second-order valence-corrected chi connectivity index (χ2v) is 9.51. The van der Waals surface area contributed by atoms with E-state index in [0.29, 0.717) is 6.54 Å². The summed E-state index contributed by atoms with van der Waals surface area (Å²) in [5.74, 6) is -0.267. The summed E-state index contributed by atoms with van der Waals surface area (Å²) in [5, 5.41) is 4.99. The van der Waals surface area contributed by atoms with Crippen LogP contribution in [0.5, 0.6) is 0 Å². The molecule has 1 aliphatic heterocycles. The van der Waals surface area contributed by atoms with Gasteiger partial charge in [0.1, 0.15) is 0 Å². The Morgan fingerprint density at radius 2 is 1.72 bits per heavy atom. The van der Waals surface area contributed by atoms with Crippen molar-refractivity contribution in [2.75, 3.05) is 6.54 Å². The van der Waals surface area contributed by atoms with Gasteiger partial charge in [0.25, 0.3) is 0 Å². The largest absolute Gasteiger partial charge is 0.339 e. The van der Waals surface area contributed by atoms with Crippen molar-refractivity contribution < 1.29 is 21.6 Å². The van der Waals surface area contributed by atoms with Gasteiger partial charge in [-0.1, -0.05) is 0 Å². The molecule has 2 unspecified atom stereocenters. The number of benzene rings is 1. The van der Waals surface area contributed by atoms with Crippen LogP contribution in [0.4, 0.5) is 0 Å². The van der Waals surface area contributed by atoms with Crippen LogP contribution in [0.15, 0.2) is 34.1 Å². The Labute approximate surface area is 148 Å². The van der Waals surface area contributed by atoms with Crippen LogP contribution in [-0.2, 0) is 24.8 Å². The van der Waals surface area contributed by atoms with Crippen LogP contribution < -0.4 is 9.86 Å². The lowest BCUT2D eigenvalue weighted by Crippen LogP contribution is -2.51. The molecule has 2 atom stereocenters. The summed E-state index contributed by atoms with van der Waals surface area (Å²) < 4.78 is 49.6. The summed E-state index contributed by atoms with van der Waals surface area (Å²) in [6.45, 7) is 4.07. The van der Waals surface area contributed by atoms with E-state index < -0.39 is 26.1 Å². The highest BCUT2D eigenvalue weighted by Crippen LogP contribution is 2.18. The first-order chi connectivity index (χ1) is 11.5. The number of primary sulfonamides is 1. The van der Waals surface area contributed by atoms with Crippen LogP contribution in [0.3, 0.4) is 0 Å². The first kappa shape index (κ1) is 19.8. The number of sulfonamides is 2. The third kappa shape index (κ3) is 4.78. The van der Waals surface area contributed by atoms with Gasteiger partial charge < -0.3 is 4.90 Å².